The molecule has 12 heteroatoms. The minimum Gasteiger partial charge on any atom is -0.489 e. The fourth-order valence-corrected chi connectivity index (χ4v) is 3.66. The van der Waals surface area contributed by atoms with Crippen molar-refractivity contribution >= 4 is 28.5 Å². The topological polar surface area (TPSA) is 113 Å². The predicted octanol–water partition coefficient (Wildman–Crippen LogP) is 3.35. The number of anilines is 1. The highest BCUT2D eigenvalue weighted by atomic mass is 19.1. The first kappa shape index (κ1) is 23.8. The Kier molecular flexibility index (Phi) is 6.20. The lowest BCUT2D eigenvalue weighted by atomic mass is 10.1. The van der Waals surface area contributed by atoms with E-state index in [0.717, 1.165) is 5.39 Å². The van der Waals surface area contributed by atoms with Crippen LogP contribution in [0.25, 0.3) is 11.0 Å². The Labute approximate surface area is 196 Å². The fourth-order valence-electron chi connectivity index (χ4n) is 3.66. The van der Waals surface area contributed by atoms with E-state index in [4.69, 9.17) is 9.15 Å². The second kappa shape index (κ2) is 9.12. The smallest absolute Gasteiger partial charge is 0.291 e. The summed E-state index contributed by atoms with van der Waals surface area (Å²) in [6, 6.07) is 5.20. The maximum absolute atomic E-state index is 13.9. The van der Waals surface area contributed by atoms with Gasteiger partial charge in [-0.05, 0) is 12.1 Å². The number of halogens is 3. The third kappa shape index (κ3) is 4.42. The van der Waals surface area contributed by atoms with Gasteiger partial charge in [0, 0.05) is 42.6 Å². The standard InChI is InChI=1S/C22H16F3N5O4.CH4/c1-30-16-4-10-2-3-33-17(10)8-18(16)34-9-15(22(30)32)26-21(31)20-27-19(28-29-20)7-12-13(24)5-11(23)6-14(12)25;/h2-6,8,15H,7,9H2,1H3,(H,26,31)(H,27,28,29);1H4/t15-;/m0./s1. The molecule has 3 heterocycles. The molecule has 4 aromatic rings. The van der Waals surface area contributed by atoms with Crippen LogP contribution in [0.3, 0.4) is 0 Å². The normalized spacial score (nSPS) is 15.3. The molecule has 5 rings (SSSR count). The molecule has 9 nitrogen and oxygen atoms in total. The van der Waals surface area contributed by atoms with Crippen molar-refractivity contribution in [2.45, 2.75) is 19.9 Å². The van der Waals surface area contributed by atoms with Gasteiger partial charge in [0.25, 0.3) is 11.8 Å². The van der Waals surface area contributed by atoms with E-state index in [1.807, 2.05) is 0 Å². The van der Waals surface area contributed by atoms with Crippen LogP contribution in [0.15, 0.2) is 41.0 Å². The van der Waals surface area contributed by atoms with Gasteiger partial charge in [0.05, 0.1) is 12.0 Å². The molecule has 0 radical (unpaired) electrons. The molecule has 0 spiro atoms. The van der Waals surface area contributed by atoms with Crippen LogP contribution >= 0.6 is 0 Å². The number of aromatic nitrogens is 3. The van der Waals surface area contributed by atoms with Crippen molar-refractivity contribution in [1.82, 2.24) is 20.5 Å². The number of carbonyl (C=O) groups excluding carboxylic acids is 2. The summed E-state index contributed by atoms with van der Waals surface area (Å²) in [5, 5.41) is 9.46. The average Bonchev–Trinajstić information content (AvgIpc) is 3.44. The van der Waals surface area contributed by atoms with Gasteiger partial charge in [-0.3, -0.25) is 14.7 Å². The molecule has 0 saturated heterocycles. The maximum Gasteiger partial charge on any atom is 0.291 e. The monoisotopic (exact) mass is 487 g/mol. The lowest BCUT2D eigenvalue weighted by Gasteiger charge is -2.20. The minimum atomic E-state index is -1.09. The average molecular weight is 487 g/mol. The van der Waals surface area contributed by atoms with Crippen molar-refractivity contribution in [3.63, 3.8) is 0 Å². The van der Waals surface area contributed by atoms with Gasteiger partial charge < -0.3 is 19.4 Å². The molecule has 0 fully saturated rings. The van der Waals surface area contributed by atoms with E-state index in [0.29, 0.717) is 29.2 Å². The summed E-state index contributed by atoms with van der Waals surface area (Å²) < 4.78 is 52.0. The second-order valence-electron chi connectivity index (χ2n) is 7.64. The zero-order chi connectivity index (χ0) is 24.0. The number of nitrogens with zero attached hydrogens (tertiary/aromatic N) is 3. The summed E-state index contributed by atoms with van der Waals surface area (Å²) in [5.74, 6) is -4.39. The van der Waals surface area contributed by atoms with Gasteiger partial charge in [0.15, 0.2) is 0 Å². The number of hydrogen-bond donors (Lipinski definition) is 2. The first-order valence-corrected chi connectivity index (χ1v) is 10.1. The quantitative estimate of drug-likeness (QED) is 0.457. The largest absolute Gasteiger partial charge is 0.489 e. The summed E-state index contributed by atoms with van der Waals surface area (Å²) in [5.41, 5.74) is 0.672. The third-order valence-corrected chi connectivity index (χ3v) is 5.42. The number of nitrogens with one attached hydrogen (secondary N) is 2. The Morgan fingerprint density at radius 2 is 1.97 bits per heavy atom. The lowest BCUT2D eigenvalue weighted by Crippen LogP contribution is -2.49. The first-order valence-electron chi connectivity index (χ1n) is 10.1. The molecule has 1 aliphatic rings. The number of amides is 2. The molecule has 0 aliphatic carbocycles. The summed E-state index contributed by atoms with van der Waals surface area (Å²) in [6.07, 6.45) is 1.14. The van der Waals surface area contributed by atoms with Gasteiger partial charge in [-0.1, -0.05) is 7.43 Å². The molecule has 0 bridgehead atoms. The molecule has 1 aliphatic heterocycles. The van der Waals surface area contributed by atoms with Gasteiger partial charge in [-0.25, -0.2) is 18.2 Å². The minimum absolute atomic E-state index is 0. The van der Waals surface area contributed by atoms with Crippen molar-refractivity contribution in [3.8, 4) is 5.75 Å². The Bertz CT molecular complexity index is 1410. The number of benzene rings is 2. The molecule has 35 heavy (non-hydrogen) atoms. The Morgan fingerprint density at radius 3 is 2.71 bits per heavy atom. The number of fused-ring (bicyclic) bond motifs is 2. The molecule has 2 aromatic carbocycles. The second-order valence-corrected chi connectivity index (χ2v) is 7.64. The van der Waals surface area contributed by atoms with E-state index in [1.165, 1.54) is 11.2 Å². The summed E-state index contributed by atoms with van der Waals surface area (Å²) >= 11 is 0. The number of likely N-dealkylation sites (N-methyl/N-ethyl adjacent to an activating group) is 1. The first-order chi connectivity index (χ1) is 16.3. The molecule has 182 valence electrons. The van der Waals surface area contributed by atoms with Gasteiger partial charge in [0.2, 0.25) is 5.82 Å². The molecular weight excluding hydrogens is 467 g/mol. The zero-order valence-corrected chi connectivity index (χ0v) is 17.6. The molecule has 2 aromatic heterocycles. The Balaban J connectivity index is 0.00000289. The number of carbonyl (C=O) groups is 2. The number of H-pyrrole nitrogens is 1. The van der Waals surface area contributed by atoms with Crippen molar-refractivity contribution in [3.05, 3.63) is 71.3 Å². The molecule has 0 unspecified atom stereocenters. The lowest BCUT2D eigenvalue weighted by molar-refractivity contribution is -0.120. The number of rotatable bonds is 4. The zero-order valence-electron chi connectivity index (χ0n) is 17.6. The molecular formula is C23H20F3N5O4. The Hall–Kier alpha value is -4.35. The highest BCUT2D eigenvalue weighted by Gasteiger charge is 2.32. The molecule has 2 N–H and O–H groups in total. The Morgan fingerprint density at radius 1 is 1.23 bits per heavy atom. The van der Waals surface area contributed by atoms with Crippen molar-refractivity contribution in [2.24, 2.45) is 0 Å². The highest BCUT2D eigenvalue weighted by Crippen LogP contribution is 2.35. The number of furan rings is 1. The predicted molar refractivity (Wildman–Crippen MR) is 119 cm³/mol. The third-order valence-electron chi connectivity index (χ3n) is 5.42. The number of ether oxygens (including phenoxy) is 1. The summed E-state index contributed by atoms with van der Waals surface area (Å²) in [7, 11) is 1.55. The van der Waals surface area contributed by atoms with Crippen LogP contribution in [-0.2, 0) is 11.2 Å². The van der Waals surface area contributed by atoms with E-state index in [2.05, 4.69) is 20.5 Å². The molecule has 0 saturated carbocycles. The maximum atomic E-state index is 13.9. The van der Waals surface area contributed by atoms with Gasteiger partial charge in [-0.15, -0.1) is 5.10 Å². The SMILES string of the molecule is C.CN1C(=O)[C@@H](NC(=O)c2n[nH]c(Cc3c(F)cc(F)cc3F)n2)COc2cc3occc3cc21. The van der Waals surface area contributed by atoms with E-state index < -0.39 is 40.9 Å². The number of hydrogen-bond acceptors (Lipinski definition) is 6. The fraction of sp³-hybridized carbons (Fsp3) is 0.217. The summed E-state index contributed by atoms with van der Waals surface area (Å²) in [6.45, 7) is -0.155. The van der Waals surface area contributed by atoms with E-state index in [1.54, 1.807) is 25.2 Å². The van der Waals surface area contributed by atoms with E-state index in [-0.39, 0.29) is 32.1 Å². The van der Waals surface area contributed by atoms with Crippen LogP contribution in [0.2, 0.25) is 0 Å². The van der Waals surface area contributed by atoms with Crippen LogP contribution in [-0.4, -0.2) is 46.7 Å². The summed E-state index contributed by atoms with van der Waals surface area (Å²) in [4.78, 5) is 30.9. The van der Waals surface area contributed by atoms with Crippen molar-refractivity contribution in [2.75, 3.05) is 18.6 Å². The van der Waals surface area contributed by atoms with Crippen molar-refractivity contribution < 1.29 is 31.9 Å². The molecule has 2 amide bonds. The van der Waals surface area contributed by atoms with Gasteiger partial charge in [-0.2, -0.15) is 0 Å². The van der Waals surface area contributed by atoms with E-state index >= 15 is 0 Å². The number of aromatic amines is 1. The van der Waals surface area contributed by atoms with Crippen LogP contribution in [0.4, 0.5) is 18.9 Å². The van der Waals surface area contributed by atoms with Crippen LogP contribution < -0.4 is 15.0 Å². The van der Waals surface area contributed by atoms with Gasteiger partial charge in [0.1, 0.15) is 47.3 Å². The van der Waals surface area contributed by atoms with Crippen LogP contribution in [0.1, 0.15) is 29.4 Å². The van der Waals surface area contributed by atoms with Crippen molar-refractivity contribution in [1.29, 1.82) is 0 Å². The molecule has 1 atom stereocenters. The van der Waals surface area contributed by atoms with Gasteiger partial charge >= 0.3 is 0 Å². The highest BCUT2D eigenvalue weighted by molar-refractivity contribution is 6.03. The van der Waals surface area contributed by atoms with Crippen LogP contribution in [0.5, 0.6) is 5.75 Å². The van der Waals surface area contributed by atoms with E-state index in [9.17, 15) is 22.8 Å². The van der Waals surface area contributed by atoms with Crippen LogP contribution in [0, 0.1) is 17.5 Å².